The number of rotatable bonds is 2. The van der Waals surface area contributed by atoms with Crippen LogP contribution in [0.5, 0.6) is 0 Å². The van der Waals surface area contributed by atoms with Gasteiger partial charge in [-0.15, -0.1) is 0 Å². The minimum absolute atomic E-state index is 0.0362. The Hall–Kier alpha value is -0.870. The third-order valence-electron chi connectivity index (χ3n) is 2.93. The maximum absolute atomic E-state index is 12.0. The van der Waals surface area contributed by atoms with E-state index in [1.54, 1.807) is 0 Å². The summed E-state index contributed by atoms with van der Waals surface area (Å²) in [4.78, 5) is 12.0. The van der Waals surface area contributed by atoms with Gasteiger partial charge in [-0.05, 0) is 43.9 Å². The zero-order valence-electron chi connectivity index (χ0n) is 9.83. The van der Waals surface area contributed by atoms with Gasteiger partial charge >= 0.3 is 0 Å². The summed E-state index contributed by atoms with van der Waals surface area (Å²) in [6.07, 6.45) is 2.65. The summed E-state index contributed by atoms with van der Waals surface area (Å²) in [5, 5.41) is 2.93. The number of benzene rings is 1. The fourth-order valence-corrected chi connectivity index (χ4v) is 2.25. The Labute approximate surface area is 110 Å². The van der Waals surface area contributed by atoms with Gasteiger partial charge in [0.05, 0.1) is 0 Å². The molecule has 0 aromatic heterocycles. The molecule has 0 spiro atoms. The summed E-state index contributed by atoms with van der Waals surface area (Å²) < 4.78 is 6.42. The molecule has 1 aromatic carbocycles. The van der Waals surface area contributed by atoms with Crippen LogP contribution in [0, 0.1) is 6.92 Å². The van der Waals surface area contributed by atoms with E-state index in [9.17, 15) is 4.79 Å². The van der Waals surface area contributed by atoms with Gasteiger partial charge in [0.15, 0.2) is 0 Å². The van der Waals surface area contributed by atoms with Crippen molar-refractivity contribution in [2.45, 2.75) is 32.3 Å². The van der Waals surface area contributed by atoms with Gasteiger partial charge in [-0.25, -0.2) is 0 Å². The van der Waals surface area contributed by atoms with E-state index in [0.29, 0.717) is 6.61 Å². The van der Waals surface area contributed by atoms with Crippen LogP contribution in [0.1, 0.15) is 24.8 Å². The molecule has 4 heteroatoms. The highest BCUT2D eigenvalue weighted by Crippen LogP contribution is 2.22. The Balaban J connectivity index is 2.04. The maximum Gasteiger partial charge on any atom is 0.253 e. The van der Waals surface area contributed by atoms with E-state index in [4.69, 9.17) is 4.74 Å². The van der Waals surface area contributed by atoms with E-state index in [0.717, 1.165) is 35.0 Å². The second-order valence-electron chi connectivity index (χ2n) is 4.30. The minimum Gasteiger partial charge on any atom is -0.368 e. The molecule has 1 aliphatic heterocycles. The quantitative estimate of drug-likeness (QED) is 0.910. The Morgan fingerprint density at radius 3 is 3.00 bits per heavy atom. The Kier molecular flexibility index (Phi) is 4.18. The third kappa shape index (κ3) is 3.30. The average Bonchev–Trinajstić information content (AvgIpc) is 2.35. The van der Waals surface area contributed by atoms with E-state index in [1.807, 2.05) is 25.1 Å². The van der Waals surface area contributed by atoms with Gasteiger partial charge in [0.2, 0.25) is 0 Å². The Bertz CT molecular complexity index is 414. The molecule has 0 saturated carbocycles. The third-order valence-corrected chi connectivity index (χ3v) is 3.42. The highest BCUT2D eigenvalue weighted by Gasteiger charge is 2.22. The van der Waals surface area contributed by atoms with Crippen LogP contribution in [0.25, 0.3) is 0 Å². The smallest absolute Gasteiger partial charge is 0.253 e. The first-order valence-electron chi connectivity index (χ1n) is 5.85. The van der Waals surface area contributed by atoms with Crippen LogP contribution in [0.15, 0.2) is 22.7 Å². The maximum atomic E-state index is 12.0. The summed E-state index contributed by atoms with van der Waals surface area (Å²) in [6, 6.07) is 5.85. The van der Waals surface area contributed by atoms with Gasteiger partial charge in [-0.3, -0.25) is 4.79 Å². The van der Waals surface area contributed by atoms with Gasteiger partial charge in [0, 0.05) is 16.8 Å². The second kappa shape index (κ2) is 5.65. The van der Waals surface area contributed by atoms with Crippen LogP contribution in [0.4, 0.5) is 5.69 Å². The average molecular weight is 298 g/mol. The van der Waals surface area contributed by atoms with Crippen molar-refractivity contribution in [2.24, 2.45) is 0 Å². The van der Waals surface area contributed by atoms with Crippen LogP contribution in [-0.2, 0) is 9.53 Å². The van der Waals surface area contributed by atoms with Crippen molar-refractivity contribution in [3.05, 3.63) is 28.2 Å². The summed E-state index contributed by atoms with van der Waals surface area (Å²) in [5.41, 5.74) is 1.90. The number of carbonyl (C=O) groups excluding carboxylic acids is 1. The first-order valence-corrected chi connectivity index (χ1v) is 6.65. The van der Waals surface area contributed by atoms with Crippen LogP contribution >= 0.6 is 15.9 Å². The molecule has 1 fully saturated rings. The molecule has 1 amide bonds. The minimum atomic E-state index is -0.290. The van der Waals surface area contributed by atoms with Gasteiger partial charge in [0.1, 0.15) is 6.10 Å². The van der Waals surface area contributed by atoms with E-state index >= 15 is 0 Å². The molecule has 3 nitrogen and oxygen atoms in total. The fourth-order valence-electron chi connectivity index (χ4n) is 1.89. The zero-order valence-corrected chi connectivity index (χ0v) is 11.4. The molecule has 1 aliphatic rings. The second-order valence-corrected chi connectivity index (χ2v) is 5.22. The molecule has 17 heavy (non-hydrogen) atoms. The molecule has 1 unspecified atom stereocenters. The van der Waals surface area contributed by atoms with Gasteiger partial charge in [-0.2, -0.15) is 0 Å². The lowest BCUT2D eigenvalue weighted by molar-refractivity contribution is -0.129. The first-order chi connectivity index (χ1) is 8.16. The number of halogens is 1. The SMILES string of the molecule is Cc1ccc(Br)cc1NC(=O)C1CCCCO1. The van der Waals surface area contributed by atoms with Crippen molar-refractivity contribution >= 4 is 27.5 Å². The highest BCUT2D eigenvalue weighted by atomic mass is 79.9. The highest BCUT2D eigenvalue weighted by molar-refractivity contribution is 9.10. The van der Waals surface area contributed by atoms with Crippen molar-refractivity contribution in [3.63, 3.8) is 0 Å². The lowest BCUT2D eigenvalue weighted by Gasteiger charge is -2.22. The first kappa shape index (κ1) is 12.6. The Morgan fingerprint density at radius 2 is 2.29 bits per heavy atom. The predicted molar refractivity (Wildman–Crippen MR) is 71.1 cm³/mol. The molecular weight excluding hydrogens is 282 g/mol. The lowest BCUT2D eigenvalue weighted by atomic mass is 10.1. The molecule has 1 heterocycles. The van der Waals surface area contributed by atoms with Crippen molar-refractivity contribution in [1.82, 2.24) is 0 Å². The summed E-state index contributed by atoms with van der Waals surface area (Å²) in [6.45, 7) is 2.67. The molecule has 92 valence electrons. The van der Waals surface area contributed by atoms with Crippen LogP contribution in [0.2, 0.25) is 0 Å². The van der Waals surface area contributed by atoms with E-state index in [-0.39, 0.29) is 12.0 Å². The van der Waals surface area contributed by atoms with Crippen LogP contribution in [0.3, 0.4) is 0 Å². The molecule has 1 saturated heterocycles. The summed E-state index contributed by atoms with van der Waals surface area (Å²) in [7, 11) is 0. The number of ether oxygens (including phenoxy) is 1. The van der Waals surface area contributed by atoms with E-state index in [1.165, 1.54) is 0 Å². The topological polar surface area (TPSA) is 38.3 Å². The summed E-state index contributed by atoms with van der Waals surface area (Å²) >= 11 is 3.40. The molecule has 0 aliphatic carbocycles. The van der Waals surface area contributed by atoms with Gasteiger partial charge < -0.3 is 10.1 Å². The van der Waals surface area contributed by atoms with Crippen molar-refractivity contribution in [2.75, 3.05) is 11.9 Å². The van der Waals surface area contributed by atoms with Crippen LogP contribution < -0.4 is 5.32 Å². The van der Waals surface area contributed by atoms with Gasteiger partial charge in [0.25, 0.3) is 5.91 Å². The molecule has 1 atom stereocenters. The molecular formula is C13H16BrNO2. The van der Waals surface area contributed by atoms with E-state index in [2.05, 4.69) is 21.2 Å². The number of anilines is 1. The van der Waals surface area contributed by atoms with Crippen molar-refractivity contribution in [1.29, 1.82) is 0 Å². The Morgan fingerprint density at radius 1 is 1.47 bits per heavy atom. The van der Waals surface area contributed by atoms with Crippen molar-refractivity contribution < 1.29 is 9.53 Å². The number of amides is 1. The van der Waals surface area contributed by atoms with Crippen molar-refractivity contribution in [3.8, 4) is 0 Å². The number of nitrogens with one attached hydrogen (secondary N) is 1. The zero-order chi connectivity index (χ0) is 12.3. The monoisotopic (exact) mass is 297 g/mol. The lowest BCUT2D eigenvalue weighted by Crippen LogP contribution is -2.33. The molecule has 0 radical (unpaired) electrons. The molecule has 1 N–H and O–H groups in total. The fraction of sp³-hybridized carbons (Fsp3) is 0.462. The predicted octanol–water partition coefficient (Wildman–Crippen LogP) is 3.27. The molecule has 0 bridgehead atoms. The standard InChI is InChI=1S/C13H16BrNO2/c1-9-5-6-10(14)8-11(9)15-13(16)12-4-2-3-7-17-12/h5-6,8,12H,2-4,7H2,1H3,(H,15,16). The molecule has 2 rings (SSSR count). The van der Waals surface area contributed by atoms with Crippen LogP contribution in [-0.4, -0.2) is 18.6 Å². The largest absolute Gasteiger partial charge is 0.368 e. The van der Waals surface area contributed by atoms with E-state index < -0.39 is 0 Å². The number of hydrogen-bond acceptors (Lipinski definition) is 2. The summed E-state index contributed by atoms with van der Waals surface area (Å²) in [5.74, 6) is -0.0362. The number of hydrogen-bond donors (Lipinski definition) is 1. The normalized spacial score (nSPS) is 20.0. The van der Waals surface area contributed by atoms with Gasteiger partial charge in [-0.1, -0.05) is 22.0 Å². The number of aryl methyl sites for hydroxylation is 1. The molecule has 1 aromatic rings. The number of carbonyl (C=O) groups is 1.